The molecule has 1 saturated heterocycles. The highest BCUT2D eigenvalue weighted by atomic mass is 35.5. The Morgan fingerprint density at radius 2 is 1.94 bits per heavy atom. The number of pyridine rings is 1. The van der Waals surface area contributed by atoms with Crippen LogP contribution in [0.4, 0.5) is 24.8 Å². The van der Waals surface area contributed by atoms with Crippen LogP contribution in [0.25, 0.3) is 0 Å². The number of nitrogen functional groups attached to an aromatic ring is 1. The summed E-state index contributed by atoms with van der Waals surface area (Å²) in [5, 5.41) is 2.25. The maximum Gasteiger partial charge on any atom is 0.434 e. The van der Waals surface area contributed by atoms with Crippen molar-refractivity contribution in [3.63, 3.8) is 0 Å². The molecule has 7 nitrogen and oxygen atoms in total. The minimum atomic E-state index is -4.56. The number of nitrogens with zero attached hydrogens (tertiary/aromatic N) is 5. The molecule has 4 rings (SSSR count). The summed E-state index contributed by atoms with van der Waals surface area (Å²) < 4.78 is 39.6. The van der Waals surface area contributed by atoms with Gasteiger partial charge in [0.1, 0.15) is 10.8 Å². The molecule has 13 heteroatoms. The Bertz CT molecular complexity index is 1040. The first-order valence-corrected chi connectivity index (χ1v) is 11.2. The van der Waals surface area contributed by atoms with Crippen molar-refractivity contribution in [3.05, 3.63) is 46.8 Å². The molecule has 3 aromatic heterocycles. The number of anilines is 2. The Balaban J connectivity index is 0.00000289. The lowest BCUT2D eigenvalue weighted by Gasteiger charge is -2.40. The fraction of sp³-hybridized carbons (Fsp3) is 0.368. The first-order chi connectivity index (χ1) is 14.8. The Kier molecular flexibility index (Phi) is 7.48. The highest BCUT2D eigenvalue weighted by Gasteiger charge is 2.38. The maximum atomic E-state index is 13.2. The lowest BCUT2D eigenvalue weighted by molar-refractivity contribution is -0.143. The van der Waals surface area contributed by atoms with Crippen molar-refractivity contribution in [1.82, 2.24) is 19.9 Å². The molecule has 0 radical (unpaired) electrons. The van der Waals surface area contributed by atoms with Gasteiger partial charge in [-0.1, -0.05) is 11.8 Å². The van der Waals surface area contributed by atoms with Crippen LogP contribution in [0.3, 0.4) is 0 Å². The van der Waals surface area contributed by atoms with Gasteiger partial charge in [-0.25, -0.2) is 15.0 Å². The molecule has 1 aliphatic rings. The van der Waals surface area contributed by atoms with E-state index in [0.717, 1.165) is 36.5 Å². The lowest BCUT2D eigenvalue weighted by Crippen LogP contribution is -2.47. The Hall–Kier alpha value is -2.15. The van der Waals surface area contributed by atoms with Gasteiger partial charge < -0.3 is 16.4 Å². The average molecular weight is 504 g/mol. The molecule has 0 saturated carbocycles. The van der Waals surface area contributed by atoms with Crippen LogP contribution in [-0.2, 0) is 11.6 Å². The normalized spacial score (nSPS) is 15.9. The van der Waals surface area contributed by atoms with Gasteiger partial charge in [0.15, 0.2) is 11.5 Å². The molecule has 0 amide bonds. The van der Waals surface area contributed by atoms with E-state index in [1.54, 1.807) is 17.5 Å². The van der Waals surface area contributed by atoms with Crippen molar-refractivity contribution in [1.29, 1.82) is 0 Å². The Labute approximate surface area is 197 Å². The third-order valence-electron chi connectivity index (χ3n) is 5.41. The van der Waals surface area contributed by atoms with Crippen molar-refractivity contribution in [2.75, 3.05) is 30.3 Å². The molecule has 0 aromatic carbocycles. The van der Waals surface area contributed by atoms with E-state index in [2.05, 4.69) is 24.8 Å². The Morgan fingerprint density at radius 3 is 2.53 bits per heavy atom. The number of rotatable bonds is 5. The minimum absolute atomic E-state index is 0. The molecule has 4 heterocycles. The second-order valence-electron chi connectivity index (χ2n) is 7.21. The van der Waals surface area contributed by atoms with Crippen LogP contribution in [-0.4, -0.2) is 39.6 Å². The number of aromatic nitrogens is 4. The van der Waals surface area contributed by atoms with E-state index in [4.69, 9.17) is 11.5 Å². The number of hydrogen-bond donors (Lipinski definition) is 2. The first-order valence-electron chi connectivity index (χ1n) is 9.49. The summed E-state index contributed by atoms with van der Waals surface area (Å²) in [6, 6.07) is 2.78. The average Bonchev–Trinajstić information content (AvgIpc) is 3.30. The molecular weight excluding hydrogens is 483 g/mol. The second-order valence-corrected chi connectivity index (χ2v) is 8.96. The van der Waals surface area contributed by atoms with Gasteiger partial charge in [-0.05, 0) is 25.0 Å². The zero-order valence-corrected chi connectivity index (χ0v) is 19.2. The molecule has 0 atom stereocenters. The zero-order valence-electron chi connectivity index (χ0n) is 16.7. The monoisotopic (exact) mass is 503 g/mol. The predicted octanol–water partition coefficient (Wildman–Crippen LogP) is 4.00. The molecular formula is C19H21ClF3N7S2. The zero-order chi connectivity index (χ0) is 22.1. The van der Waals surface area contributed by atoms with Crippen molar-refractivity contribution in [2.24, 2.45) is 5.73 Å². The number of halogens is 4. The van der Waals surface area contributed by atoms with Crippen LogP contribution < -0.4 is 16.4 Å². The number of thiazole rings is 1. The molecule has 0 aliphatic carbocycles. The topological polar surface area (TPSA) is 107 Å². The number of alkyl halides is 3. The van der Waals surface area contributed by atoms with Gasteiger partial charge in [0.2, 0.25) is 0 Å². The SMILES string of the molecule is Cl.NCC1(c2cscn2)CCN(c2cnc(Sc3cccnc3C(F)(F)F)c(N)n2)CC1. The third-order valence-corrected chi connectivity index (χ3v) is 7.05. The molecule has 172 valence electrons. The molecule has 0 unspecified atom stereocenters. The summed E-state index contributed by atoms with van der Waals surface area (Å²) in [4.78, 5) is 18.6. The van der Waals surface area contributed by atoms with Crippen LogP contribution >= 0.6 is 35.5 Å². The molecule has 1 aliphatic heterocycles. The number of nitrogens with two attached hydrogens (primary N) is 2. The van der Waals surface area contributed by atoms with E-state index in [0.29, 0.717) is 25.5 Å². The van der Waals surface area contributed by atoms with Gasteiger partial charge in [0.25, 0.3) is 0 Å². The number of hydrogen-bond acceptors (Lipinski definition) is 9. The smallest absolute Gasteiger partial charge is 0.381 e. The molecule has 3 aromatic rings. The van der Waals surface area contributed by atoms with Crippen molar-refractivity contribution >= 4 is 47.1 Å². The van der Waals surface area contributed by atoms with E-state index in [9.17, 15) is 13.2 Å². The molecule has 1 fully saturated rings. The summed E-state index contributed by atoms with van der Waals surface area (Å²) in [5.74, 6) is 0.669. The summed E-state index contributed by atoms with van der Waals surface area (Å²) in [6.45, 7) is 1.92. The largest absolute Gasteiger partial charge is 0.434 e. The van der Waals surface area contributed by atoms with E-state index < -0.39 is 11.9 Å². The number of piperidine rings is 1. The minimum Gasteiger partial charge on any atom is -0.381 e. The van der Waals surface area contributed by atoms with Crippen LogP contribution in [0, 0.1) is 0 Å². The van der Waals surface area contributed by atoms with Gasteiger partial charge in [-0.3, -0.25) is 4.98 Å². The van der Waals surface area contributed by atoms with Gasteiger partial charge in [-0.2, -0.15) is 13.2 Å². The summed E-state index contributed by atoms with van der Waals surface area (Å²) >= 11 is 2.36. The van der Waals surface area contributed by atoms with Crippen LogP contribution in [0.15, 0.2) is 45.3 Å². The molecule has 0 spiro atoms. The van der Waals surface area contributed by atoms with Gasteiger partial charge in [0.05, 0.1) is 17.4 Å². The highest BCUT2D eigenvalue weighted by molar-refractivity contribution is 7.99. The molecule has 32 heavy (non-hydrogen) atoms. The van der Waals surface area contributed by atoms with E-state index in [1.165, 1.54) is 12.1 Å². The van der Waals surface area contributed by atoms with Crippen LogP contribution in [0.5, 0.6) is 0 Å². The third kappa shape index (κ3) is 4.92. The molecule has 0 bridgehead atoms. The van der Waals surface area contributed by atoms with E-state index >= 15 is 0 Å². The van der Waals surface area contributed by atoms with E-state index in [1.807, 2.05) is 10.9 Å². The van der Waals surface area contributed by atoms with Crippen molar-refractivity contribution in [2.45, 2.75) is 34.4 Å². The van der Waals surface area contributed by atoms with Crippen molar-refractivity contribution in [3.8, 4) is 0 Å². The quantitative estimate of drug-likeness (QED) is 0.538. The van der Waals surface area contributed by atoms with Crippen molar-refractivity contribution < 1.29 is 13.2 Å². The standard InChI is InChI=1S/C19H20F3N7S2.ClH/c20-19(21,22)15-12(2-1-5-25-15)31-17-16(24)28-14(8-26-17)29-6-3-18(10-23,4-7-29)13-9-30-11-27-13;/h1-2,5,8-9,11H,3-4,6-7,10,23H2,(H2,24,28);1H. The predicted molar refractivity (Wildman–Crippen MR) is 121 cm³/mol. The highest BCUT2D eigenvalue weighted by Crippen LogP contribution is 2.40. The summed E-state index contributed by atoms with van der Waals surface area (Å²) in [6.07, 6.45) is -0.285. The summed E-state index contributed by atoms with van der Waals surface area (Å²) in [7, 11) is 0. The molecule has 4 N–H and O–H groups in total. The van der Waals surface area contributed by atoms with Crippen LogP contribution in [0.1, 0.15) is 24.2 Å². The second kappa shape index (κ2) is 9.77. The van der Waals surface area contributed by atoms with Gasteiger partial charge in [0, 0.05) is 41.5 Å². The van der Waals surface area contributed by atoms with Crippen LogP contribution in [0.2, 0.25) is 0 Å². The fourth-order valence-corrected chi connectivity index (χ4v) is 5.16. The van der Waals surface area contributed by atoms with E-state index in [-0.39, 0.29) is 33.6 Å². The first kappa shape index (κ1) is 24.5. The van der Waals surface area contributed by atoms with Gasteiger partial charge >= 0.3 is 6.18 Å². The maximum absolute atomic E-state index is 13.2. The lowest BCUT2D eigenvalue weighted by atomic mass is 9.76. The fourth-order valence-electron chi connectivity index (χ4n) is 3.61. The summed E-state index contributed by atoms with van der Waals surface area (Å²) in [5.41, 5.74) is 13.8. The Morgan fingerprint density at radius 1 is 1.19 bits per heavy atom. The van der Waals surface area contributed by atoms with Gasteiger partial charge in [-0.15, -0.1) is 23.7 Å².